The van der Waals surface area contributed by atoms with Crippen LogP contribution in [0.15, 0.2) is 41.4 Å². The highest BCUT2D eigenvalue weighted by molar-refractivity contribution is 5.98. The summed E-state index contributed by atoms with van der Waals surface area (Å²) in [6.45, 7) is 2.03. The molecule has 2 aromatic heterocycles. The van der Waals surface area contributed by atoms with Gasteiger partial charge in [0.05, 0.1) is 46.9 Å². The van der Waals surface area contributed by atoms with Crippen LogP contribution in [0.2, 0.25) is 0 Å². The predicted molar refractivity (Wildman–Crippen MR) is 124 cm³/mol. The highest BCUT2D eigenvalue weighted by atomic mass is 16.5. The Morgan fingerprint density at radius 2 is 1.68 bits per heavy atom. The first kappa shape index (κ1) is 23.0. The number of hydrogen-bond donors (Lipinski definition) is 0. The number of benzene rings is 2. The van der Waals surface area contributed by atoms with Crippen LogP contribution in [-0.2, 0) is 16.1 Å². The van der Waals surface area contributed by atoms with E-state index in [2.05, 4.69) is 9.97 Å². The van der Waals surface area contributed by atoms with E-state index in [0.29, 0.717) is 56.6 Å². The molecule has 0 saturated heterocycles. The predicted octanol–water partition coefficient (Wildman–Crippen LogP) is 3.96. The zero-order valence-electron chi connectivity index (χ0n) is 19.6. The third kappa shape index (κ3) is 3.98. The summed E-state index contributed by atoms with van der Waals surface area (Å²) in [5.41, 5.74) is 3.15. The lowest BCUT2D eigenvalue weighted by atomic mass is 10.0. The van der Waals surface area contributed by atoms with E-state index in [1.165, 1.54) is 6.39 Å². The summed E-state index contributed by atoms with van der Waals surface area (Å²) in [4.78, 5) is 21.1. The van der Waals surface area contributed by atoms with Crippen molar-refractivity contribution in [2.45, 2.75) is 13.5 Å². The summed E-state index contributed by atoms with van der Waals surface area (Å²) >= 11 is 0. The van der Waals surface area contributed by atoms with E-state index in [1.54, 1.807) is 64.5 Å². The molecule has 2 heterocycles. The zero-order valence-corrected chi connectivity index (χ0v) is 19.6. The van der Waals surface area contributed by atoms with Gasteiger partial charge in [-0.05, 0) is 31.2 Å². The van der Waals surface area contributed by atoms with E-state index in [9.17, 15) is 4.79 Å². The minimum absolute atomic E-state index is 0.0157. The molecule has 4 rings (SSSR count). The Morgan fingerprint density at radius 1 is 0.971 bits per heavy atom. The molecule has 178 valence electrons. The Kier molecular flexibility index (Phi) is 6.58. The van der Waals surface area contributed by atoms with Crippen LogP contribution in [0.4, 0.5) is 0 Å². The molecule has 0 N–H and O–H groups in total. The van der Waals surface area contributed by atoms with E-state index < -0.39 is 0 Å². The largest absolute Gasteiger partial charge is 0.494 e. The first-order valence-corrected chi connectivity index (χ1v) is 10.5. The molecular weight excluding hydrogens is 442 g/mol. The quantitative estimate of drug-likeness (QED) is 0.338. The molecule has 0 aliphatic rings. The van der Waals surface area contributed by atoms with Gasteiger partial charge in [0.15, 0.2) is 23.7 Å². The maximum atomic E-state index is 12.2. The summed E-state index contributed by atoms with van der Waals surface area (Å²) in [7, 11) is 6.20. The van der Waals surface area contributed by atoms with Crippen LogP contribution in [0.5, 0.6) is 23.0 Å². The highest BCUT2D eigenvalue weighted by Crippen LogP contribution is 2.44. The van der Waals surface area contributed by atoms with Crippen LogP contribution in [0.3, 0.4) is 0 Å². The van der Waals surface area contributed by atoms with Crippen molar-refractivity contribution in [2.75, 3.05) is 35.0 Å². The van der Waals surface area contributed by atoms with Crippen molar-refractivity contribution >= 4 is 17.0 Å². The van der Waals surface area contributed by atoms with E-state index in [1.807, 2.05) is 6.07 Å². The van der Waals surface area contributed by atoms with Crippen molar-refractivity contribution < 1.29 is 32.9 Å². The van der Waals surface area contributed by atoms with Gasteiger partial charge in [0.25, 0.3) is 0 Å². The molecule has 0 spiro atoms. The number of ether oxygens (including phenoxy) is 5. The normalized spacial score (nSPS) is 10.9. The average molecular weight is 467 g/mol. The standard InChI is InChI=1S/C24H25N3O7/c1-6-33-19(28)11-27-12-25-21-16(29-2)8-7-15(22(21)27)23-20(26-13-34-23)14-9-17(30-3)24(32-5)18(10-14)31-4/h7-10,12-13H,6,11H2,1-5H3. The second-order valence-electron chi connectivity index (χ2n) is 7.13. The van der Waals surface area contributed by atoms with Gasteiger partial charge in [-0.3, -0.25) is 4.79 Å². The topological polar surface area (TPSA) is 107 Å². The molecule has 0 atom stereocenters. The molecule has 10 heteroatoms. The molecule has 0 aliphatic carbocycles. The average Bonchev–Trinajstić information content (AvgIpc) is 3.50. The smallest absolute Gasteiger partial charge is 0.325 e. The number of carbonyl (C=O) groups excluding carboxylic acids is 1. The van der Waals surface area contributed by atoms with Crippen molar-refractivity contribution in [3.05, 3.63) is 37.0 Å². The van der Waals surface area contributed by atoms with Crippen LogP contribution >= 0.6 is 0 Å². The molecule has 0 amide bonds. The van der Waals surface area contributed by atoms with Gasteiger partial charge in [0, 0.05) is 11.1 Å². The third-order valence-corrected chi connectivity index (χ3v) is 5.30. The first-order chi connectivity index (χ1) is 16.6. The Hall–Kier alpha value is -4.21. The van der Waals surface area contributed by atoms with Gasteiger partial charge in [0.1, 0.15) is 23.5 Å². The number of nitrogens with zero attached hydrogens (tertiary/aromatic N) is 3. The fourth-order valence-corrected chi connectivity index (χ4v) is 3.84. The summed E-state index contributed by atoms with van der Waals surface area (Å²) in [5, 5.41) is 0. The minimum atomic E-state index is -0.377. The molecule has 0 fully saturated rings. The lowest BCUT2D eigenvalue weighted by Gasteiger charge is -2.14. The summed E-state index contributed by atoms with van der Waals surface area (Å²) in [6.07, 6.45) is 2.93. The molecule has 0 radical (unpaired) electrons. The maximum absolute atomic E-state index is 12.2. The molecule has 4 aromatic rings. The second kappa shape index (κ2) is 9.74. The van der Waals surface area contributed by atoms with Crippen molar-refractivity contribution in [3.63, 3.8) is 0 Å². The lowest BCUT2D eigenvalue weighted by Crippen LogP contribution is -2.12. The monoisotopic (exact) mass is 467 g/mol. The van der Waals surface area contributed by atoms with Gasteiger partial charge < -0.3 is 32.7 Å². The Bertz CT molecular complexity index is 1300. The maximum Gasteiger partial charge on any atom is 0.325 e. The Balaban J connectivity index is 1.91. The van der Waals surface area contributed by atoms with Crippen molar-refractivity contribution in [2.24, 2.45) is 0 Å². The number of rotatable bonds is 9. The molecule has 2 aromatic carbocycles. The van der Waals surface area contributed by atoms with Gasteiger partial charge >= 0.3 is 5.97 Å². The Labute approximate surface area is 196 Å². The molecule has 0 aliphatic heterocycles. The zero-order chi connectivity index (χ0) is 24.2. The van der Waals surface area contributed by atoms with E-state index >= 15 is 0 Å². The number of oxazole rings is 1. The number of fused-ring (bicyclic) bond motifs is 1. The molecule has 0 saturated carbocycles. The highest BCUT2D eigenvalue weighted by Gasteiger charge is 2.23. The van der Waals surface area contributed by atoms with Crippen LogP contribution in [-0.4, -0.2) is 55.6 Å². The molecular formula is C24H25N3O7. The number of hydrogen-bond acceptors (Lipinski definition) is 9. The van der Waals surface area contributed by atoms with Gasteiger partial charge in [-0.1, -0.05) is 0 Å². The molecule has 0 bridgehead atoms. The Morgan fingerprint density at radius 3 is 2.29 bits per heavy atom. The fourth-order valence-electron chi connectivity index (χ4n) is 3.84. The van der Waals surface area contributed by atoms with Crippen LogP contribution < -0.4 is 18.9 Å². The SMILES string of the molecule is CCOC(=O)Cn1cnc2c(OC)ccc(-c3ocnc3-c3cc(OC)c(OC)c(OC)c3)c21. The minimum Gasteiger partial charge on any atom is -0.494 e. The number of aromatic nitrogens is 3. The van der Waals surface area contributed by atoms with Crippen LogP contribution in [0.1, 0.15) is 6.92 Å². The van der Waals surface area contributed by atoms with Crippen LogP contribution in [0.25, 0.3) is 33.6 Å². The number of imidazole rings is 1. The van der Waals surface area contributed by atoms with Gasteiger partial charge in [-0.15, -0.1) is 0 Å². The van der Waals surface area contributed by atoms with Gasteiger partial charge in [-0.25, -0.2) is 9.97 Å². The number of esters is 1. The van der Waals surface area contributed by atoms with E-state index in [0.717, 1.165) is 0 Å². The van der Waals surface area contributed by atoms with Crippen molar-refractivity contribution in [1.82, 2.24) is 14.5 Å². The van der Waals surface area contributed by atoms with Gasteiger partial charge in [-0.2, -0.15) is 0 Å². The number of methoxy groups -OCH3 is 4. The van der Waals surface area contributed by atoms with Crippen LogP contribution in [0, 0.1) is 0 Å². The molecule has 10 nitrogen and oxygen atoms in total. The van der Waals surface area contributed by atoms with Gasteiger partial charge in [0.2, 0.25) is 5.75 Å². The van der Waals surface area contributed by atoms with Crippen molar-refractivity contribution in [3.8, 4) is 45.6 Å². The third-order valence-electron chi connectivity index (χ3n) is 5.30. The second-order valence-corrected chi connectivity index (χ2v) is 7.13. The van der Waals surface area contributed by atoms with E-state index in [4.69, 9.17) is 28.1 Å². The molecule has 0 unspecified atom stereocenters. The summed E-state index contributed by atoms with van der Waals surface area (Å²) in [6, 6.07) is 7.21. The molecule has 34 heavy (non-hydrogen) atoms. The fraction of sp³-hybridized carbons (Fsp3) is 0.292. The number of carbonyl (C=O) groups is 1. The van der Waals surface area contributed by atoms with E-state index in [-0.39, 0.29) is 19.1 Å². The summed E-state index contributed by atoms with van der Waals surface area (Å²) in [5.74, 6) is 2.11. The first-order valence-electron chi connectivity index (χ1n) is 10.5. The van der Waals surface area contributed by atoms with Crippen molar-refractivity contribution in [1.29, 1.82) is 0 Å². The summed E-state index contributed by atoms with van der Waals surface area (Å²) < 4.78 is 34.6. The lowest BCUT2D eigenvalue weighted by molar-refractivity contribution is -0.143.